The van der Waals surface area contributed by atoms with Crippen LogP contribution in [0, 0.1) is 11.8 Å². The van der Waals surface area contributed by atoms with Crippen LogP contribution in [0.2, 0.25) is 0 Å². The topological polar surface area (TPSA) is 195 Å². The quantitative estimate of drug-likeness (QED) is 0.111. The summed E-state index contributed by atoms with van der Waals surface area (Å²) >= 11 is 0. The van der Waals surface area contributed by atoms with Gasteiger partial charge in [-0.15, -0.1) is 0 Å². The highest BCUT2D eigenvalue weighted by atomic mass is 16.5. The Balaban J connectivity index is 1.10. The third-order valence-corrected chi connectivity index (χ3v) is 10.0. The highest BCUT2D eigenvalue weighted by Gasteiger charge is 2.39. The zero-order chi connectivity index (χ0) is 38.5. The van der Waals surface area contributed by atoms with Crippen molar-refractivity contribution in [1.29, 1.82) is 0 Å². The number of imidazole rings is 2. The van der Waals surface area contributed by atoms with Gasteiger partial charge in [-0.1, -0.05) is 39.8 Å². The Morgan fingerprint density at radius 3 is 1.81 bits per heavy atom. The molecule has 2 fully saturated rings. The molecule has 5 N–H and O–H groups in total. The van der Waals surface area contributed by atoms with Crippen molar-refractivity contribution in [2.24, 2.45) is 11.8 Å². The summed E-state index contributed by atoms with van der Waals surface area (Å²) in [6, 6.07) is 13.2. The van der Waals surface area contributed by atoms with Crippen molar-refractivity contribution >= 4 is 24.0 Å². The van der Waals surface area contributed by atoms with Gasteiger partial charge >= 0.3 is 12.2 Å². The molecule has 0 radical (unpaired) electrons. The second-order valence-electron chi connectivity index (χ2n) is 14.4. The Morgan fingerprint density at radius 2 is 1.30 bits per heavy atom. The fourth-order valence-electron chi connectivity index (χ4n) is 7.20. The fraction of sp³-hybridized carbons (Fsp3) is 0.436. The van der Waals surface area contributed by atoms with Crippen LogP contribution in [0.15, 0.2) is 60.9 Å². The number of carbonyl (C=O) groups excluding carboxylic acids is 3. The van der Waals surface area contributed by atoms with Gasteiger partial charge in [0.05, 0.1) is 43.0 Å². The summed E-state index contributed by atoms with van der Waals surface area (Å²) in [6.45, 7) is 8.53. The van der Waals surface area contributed by atoms with Crippen LogP contribution in [0.1, 0.15) is 77.1 Å². The number of amides is 4. The van der Waals surface area contributed by atoms with Crippen molar-refractivity contribution in [3.63, 3.8) is 0 Å². The van der Waals surface area contributed by atoms with E-state index in [1.54, 1.807) is 22.2 Å². The maximum absolute atomic E-state index is 13.5. The van der Waals surface area contributed by atoms with Crippen LogP contribution in [0.4, 0.5) is 9.59 Å². The lowest BCUT2D eigenvalue weighted by molar-refractivity contribution is -0.136. The van der Waals surface area contributed by atoms with Gasteiger partial charge in [-0.25, -0.2) is 19.6 Å². The van der Waals surface area contributed by atoms with Gasteiger partial charge in [0.2, 0.25) is 11.8 Å². The number of nitrogens with zero attached hydrogens (tertiary/aromatic N) is 4. The van der Waals surface area contributed by atoms with Crippen molar-refractivity contribution in [2.75, 3.05) is 20.2 Å². The molecule has 0 spiro atoms. The molecule has 15 heteroatoms. The Labute approximate surface area is 313 Å². The smallest absolute Gasteiger partial charge is 0.407 e. The van der Waals surface area contributed by atoms with E-state index in [9.17, 15) is 24.3 Å². The Morgan fingerprint density at radius 1 is 0.759 bits per heavy atom. The zero-order valence-electron chi connectivity index (χ0n) is 31.2. The van der Waals surface area contributed by atoms with Crippen LogP contribution in [-0.2, 0) is 14.3 Å². The lowest BCUT2D eigenvalue weighted by Crippen LogP contribution is -2.51. The van der Waals surface area contributed by atoms with E-state index in [1.165, 1.54) is 7.11 Å². The number of hydrogen-bond donors (Lipinski definition) is 5. The van der Waals surface area contributed by atoms with E-state index >= 15 is 0 Å². The molecule has 4 atom stereocenters. The van der Waals surface area contributed by atoms with E-state index in [0.717, 1.165) is 48.2 Å². The minimum Gasteiger partial charge on any atom is -0.465 e. The van der Waals surface area contributed by atoms with E-state index in [2.05, 4.69) is 30.6 Å². The summed E-state index contributed by atoms with van der Waals surface area (Å²) in [5, 5.41) is 14.3. The van der Waals surface area contributed by atoms with Crippen molar-refractivity contribution in [3.8, 4) is 34.0 Å². The van der Waals surface area contributed by atoms with Gasteiger partial charge in [0.1, 0.15) is 35.2 Å². The van der Waals surface area contributed by atoms with Gasteiger partial charge < -0.3 is 45.0 Å². The second kappa shape index (κ2) is 16.4. The summed E-state index contributed by atoms with van der Waals surface area (Å²) in [5.74, 6) is 1.89. The maximum Gasteiger partial charge on any atom is 0.407 e. The number of aromatic amines is 2. The van der Waals surface area contributed by atoms with E-state index in [4.69, 9.17) is 9.47 Å². The molecule has 0 bridgehead atoms. The summed E-state index contributed by atoms with van der Waals surface area (Å²) < 4.78 is 11.0. The Hall–Kier alpha value is -5.86. The second-order valence-corrected chi connectivity index (χ2v) is 14.4. The van der Waals surface area contributed by atoms with Gasteiger partial charge in [-0.3, -0.25) is 9.59 Å². The summed E-state index contributed by atoms with van der Waals surface area (Å²) in [5.41, 5.74) is 3.34. The van der Waals surface area contributed by atoms with Gasteiger partial charge in [-0.2, -0.15) is 0 Å². The molecule has 4 heterocycles. The molecule has 2 aliphatic rings. The molecule has 54 heavy (non-hydrogen) atoms. The van der Waals surface area contributed by atoms with Crippen LogP contribution in [0.25, 0.3) is 22.5 Å². The van der Waals surface area contributed by atoms with E-state index < -0.39 is 24.3 Å². The zero-order valence-corrected chi connectivity index (χ0v) is 31.2. The third kappa shape index (κ3) is 8.35. The molecule has 0 aliphatic carbocycles. The number of H-pyrrole nitrogens is 2. The predicted octanol–water partition coefficient (Wildman–Crippen LogP) is 6.26. The maximum atomic E-state index is 13.5. The van der Waals surface area contributed by atoms with Crippen molar-refractivity contribution in [1.82, 2.24) is 40.4 Å². The molecule has 6 rings (SSSR count). The highest BCUT2D eigenvalue weighted by Crippen LogP contribution is 2.35. The number of ether oxygens (including phenoxy) is 2. The molecule has 4 unspecified atom stereocenters. The average Bonchev–Trinajstić information content (AvgIpc) is 3.99. The fourth-order valence-corrected chi connectivity index (χ4v) is 7.20. The SMILES string of the molecule is COC(=O)NC(C(=O)N1CCCC1c1ncc(-c2cccc(Oc3ccc(-c4cnc(C5CCCN5C(=O)C(NC(=O)O)C(C)C)[nH]4)cc3)c2)[nH]1)C(C)C. The molecule has 15 nitrogen and oxygen atoms in total. The van der Waals surface area contributed by atoms with Gasteiger partial charge in [0, 0.05) is 18.7 Å². The summed E-state index contributed by atoms with van der Waals surface area (Å²) in [4.78, 5) is 69.7. The van der Waals surface area contributed by atoms with Crippen LogP contribution < -0.4 is 15.4 Å². The van der Waals surface area contributed by atoms with Gasteiger partial charge in [-0.05, 0) is 79.5 Å². The molecule has 4 aromatic rings. The van der Waals surface area contributed by atoms with E-state index in [1.807, 2.05) is 76.2 Å². The predicted molar refractivity (Wildman–Crippen MR) is 199 cm³/mol. The lowest BCUT2D eigenvalue weighted by Gasteiger charge is -2.30. The number of carboxylic acid groups (broad SMARTS) is 1. The number of nitrogens with one attached hydrogen (secondary N) is 4. The first-order valence-electron chi connectivity index (χ1n) is 18.4. The number of aromatic nitrogens is 4. The van der Waals surface area contributed by atoms with Crippen LogP contribution in [-0.4, -0.2) is 91.1 Å². The van der Waals surface area contributed by atoms with Gasteiger partial charge in [0.25, 0.3) is 0 Å². The largest absolute Gasteiger partial charge is 0.465 e. The minimum atomic E-state index is -1.22. The molecule has 2 aromatic carbocycles. The molecular formula is C39H48N8O7. The molecule has 2 aliphatic heterocycles. The average molecular weight is 741 g/mol. The van der Waals surface area contributed by atoms with Gasteiger partial charge in [0.15, 0.2) is 0 Å². The van der Waals surface area contributed by atoms with E-state index in [-0.39, 0.29) is 35.7 Å². The molecule has 0 saturated carbocycles. The monoisotopic (exact) mass is 740 g/mol. The number of hydrogen-bond acceptors (Lipinski definition) is 8. The first-order chi connectivity index (χ1) is 25.9. The number of benzene rings is 2. The van der Waals surface area contributed by atoms with Crippen LogP contribution in [0.5, 0.6) is 11.5 Å². The summed E-state index contributed by atoms with van der Waals surface area (Å²) in [6.07, 6.45) is 4.75. The van der Waals surface area contributed by atoms with Crippen molar-refractivity contribution in [2.45, 2.75) is 77.5 Å². The standard InChI is InChI=1S/C39H48N8O7/c1-22(2)32(44-38(50)51)36(48)46-17-7-11-30(46)34-40-20-28(42-34)24-13-15-26(16-14-24)54-27-10-6-9-25(19-27)29-21-41-35(43-29)31-12-8-18-47(31)37(49)33(23(3)4)45-39(52)53-5/h6,9-10,13-16,19-23,30-33,44H,7-8,11-12,17-18H2,1-5H3,(H,40,42)(H,41,43)(H,45,52)(H,50,51). The Bertz CT molecular complexity index is 1960. The van der Waals surface area contributed by atoms with Crippen molar-refractivity contribution in [3.05, 3.63) is 72.6 Å². The number of rotatable bonds is 12. The highest BCUT2D eigenvalue weighted by molar-refractivity contribution is 5.87. The molecule has 2 saturated heterocycles. The molecule has 286 valence electrons. The van der Waals surface area contributed by atoms with Crippen molar-refractivity contribution < 1.29 is 33.8 Å². The Kier molecular flexibility index (Phi) is 11.5. The third-order valence-electron chi connectivity index (χ3n) is 10.0. The lowest BCUT2D eigenvalue weighted by atomic mass is 10.0. The number of carbonyl (C=O) groups is 4. The minimum absolute atomic E-state index is 0.122. The number of alkyl carbamates (subject to hydrolysis) is 1. The first-order valence-corrected chi connectivity index (χ1v) is 18.4. The van der Waals surface area contributed by atoms with E-state index in [0.29, 0.717) is 36.2 Å². The van der Waals surface area contributed by atoms with Crippen LogP contribution >= 0.6 is 0 Å². The molecule has 2 aromatic heterocycles. The summed E-state index contributed by atoms with van der Waals surface area (Å²) in [7, 11) is 1.28. The number of methoxy groups -OCH3 is 1. The molecular weight excluding hydrogens is 692 g/mol. The number of likely N-dealkylation sites (tertiary alicyclic amines) is 2. The normalized spacial score (nSPS) is 18.1. The first kappa shape index (κ1) is 37.9. The van der Waals surface area contributed by atoms with Crippen LogP contribution in [0.3, 0.4) is 0 Å². The molecule has 4 amide bonds.